The van der Waals surface area contributed by atoms with Crippen molar-refractivity contribution in [2.24, 2.45) is 0 Å². The zero-order valence-electron chi connectivity index (χ0n) is 18.6. The first kappa shape index (κ1) is 25.3. The average molecular weight is 520 g/mol. The van der Waals surface area contributed by atoms with Gasteiger partial charge in [0.1, 0.15) is 17.4 Å². The molecule has 4 rings (SSSR count). The first-order valence-corrected chi connectivity index (χ1v) is 10.8. The fourth-order valence-corrected chi connectivity index (χ4v) is 5.01. The van der Waals surface area contributed by atoms with Crippen LogP contribution in [0.25, 0.3) is 10.9 Å². The number of aromatic nitrogens is 2. The number of hydrogen-bond donors (Lipinski definition) is 3. The number of benzene rings is 2. The number of nitrogens with zero attached hydrogens (tertiary/aromatic N) is 2. The lowest BCUT2D eigenvalue weighted by atomic mass is 9.61. The number of fused-ring (bicyclic) bond motifs is 2. The maximum atomic E-state index is 15.0. The van der Waals surface area contributed by atoms with Crippen LogP contribution in [0.1, 0.15) is 43.3 Å². The van der Waals surface area contributed by atoms with Crippen molar-refractivity contribution in [2.45, 2.75) is 56.3 Å². The van der Waals surface area contributed by atoms with E-state index in [1.165, 1.54) is 27.0 Å². The van der Waals surface area contributed by atoms with E-state index in [2.05, 4.69) is 15.3 Å². The number of nitrogens with one attached hydrogen (secondary N) is 1. The Morgan fingerprint density at radius 3 is 2.43 bits per heavy atom. The van der Waals surface area contributed by atoms with Gasteiger partial charge in [0.2, 0.25) is 0 Å². The van der Waals surface area contributed by atoms with Crippen molar-refractivity contribution in [1.29, 1.82) is 0 Å². The van der Waals surface area contributed by atoms with E-state index in [9.17, 15) is 27.8 Å². The van der Waals surface area contributed by atoms with Crippen molar-refractivity contribution in [3.05, 3.63) is 58.3 Å². The number of aromatic hydroxyl groups is 1. The first-order valence-electron chi connectivity index (χ1n) is 10.4. The SMILES string of the molecule is Cc1ncc2c(N[C@H]3c4ccc(Cl)c(O)c4C(C)(C)C[C@@]3(O)C(F)(F)C(F)(F)F)cc(F)cc2n1. The van der Waals surface area contributed by atoms with E-state index >= 15 is 8.78 Å². The highest BCUT2D eigenvalue weighted by Gasteiger charge is 2.74. The number of aryl methyl sites for hydroxylation is 1. The Morgan fingerprint density at radius 2 is 1.80 bits per heavy atom. The minimum absolute atomic E-state index is 0.0158. The fraction of sp³-hybridized carbons (Fsp3) is 0.391. The van der Waals surface area contributed by atoms with E-state index in [0.29, 0.717) is 0 Å². The molecule has 2 aromatic carbocycles. The van der Waals surface area contributed by atoms with E-state index in [0.717, 1.165) is 24.3 Å². The summed E-state index contributed by atoms with van der Waals surface area (Å²) < 4.78 is 85.3. The molecule has 1 aliphatic rings. The molecular weight excluding hydrogens is 500 g/mol. The van der Waals surface area contributed by atoms with Gasteiger partial charge in [-0.3, -0.25) is 0 Å². The molecule has 1 aliphatic carbocycles. The van der Waals surface area contributed by atoms with Crippen molar-refractivity contribution in [1.82, 2.24) is 9.97 Å². The molecule has 0 saturated carbocycles. The molecular formula is C23H20ClF6N3O2. The monoisotopic (exact) mass is 519 g/mol. The molecule has 0 spiro atoms. The second kappa shape index (κ2) is 7.86. The van der Waals surface area contributed by atoms with Gasteiger partial charge >= 0.3 is 12.1 Å². The zero-order chi connectivity index (χ0) is 26.1. The van der Waals surface area contributed by atoms with Crippen LogP contribution >= 0.6 is 11.6 Å². The van der Waals surface area contributed by atoms with Crippen LogP contribution in [0.3, 0.4) is 0 Å². The third kappa shape index (κ3) is 3.85. The third-order valence-electron chi connectivity index (χ3n) is 6.32. The van der Waals surface area contributed by atoms with Crippen molar-refractivity contribution in [3.63, 3.8) is 0 Å². The number of phenols is 1. The van der Waals surface area contributed by atoms with E-state index in [4.69, 9.17) is 11.6 Å². The van der Waals surface area contributed by atoms with Crippen molar-refractivity contribution >= 4 is 28.2 Å². The number of halogens is 7. The van der Waals surface area contributed by atoms with E-state index in [1.54, 1.807) is 0 Å². The van der Waals surface area contributed by atoms with Crippen LogP contribution in [-0.2, 0) is 5.41 Å². The van der Waals surface area contributed by atoms with Crippen molar-refractivity contribution in [2.75, 3.05) is 5.32 Å². The molecule has 35 heavy (non-hydrogen) atoms. The van der Waals surface area contributed by atoms with Gasteiger partial charge in [0.05, 0.1) is 16.6 Å². The van der Waals surface area contributed by atoms with Gasteiger partial charge in [-0.25, -0.2) is 14.4 Å². The quantitative estimate of drug-likeness (QED) is 0.359. The van der Waals surface area contributed by atoms with Gasteiger partial charge in [-0.2, -0.15) is 22.0 Å². The van der Waals surface area contributed by atoms with E-state index < -0.39 is 47.1 Å². The van der Waals surface area contributed by atoms with Crippen molar-refractivity contribution < 1.29 is 36.6 Å². The summed E-state index contributed by atoms with van der Waals surface area (Å²) in [7, 11) is 0. The summed E-state index contributed by atoms with van der Waals surface area (Å²) in [6.07, 6.45) is -5.98. The Bertz CT molecular complexity index is 1330. The Hall–Kier alpha value is -2.79. The molecule has 0 unspecified atom stereocenters. The average Bonchev–Trinajstić information content (AvgIpc) is 2.71. The number of anilines is 1. The summed E-state index contributed by atoms with van der Waals surface area (Å²) in [6, 6.07) is 2.05. The summed E-state index contributed by atoms with van der Waals surface area (Å²) in [5, 5.41) is 24.3. The zero-order valence-corrected chi connectivity index (χ0v) is 19.4. The Labute approximate surface area is 200 Å². The second-order valence-corrected chi connectivity index (χ2v) is 9.71. The lowest BCUT2D eigenvalue weighted by Gasteiger charge is -2.51. The standard InChI is InChI=1S/C23H20ClF6N3O2/c1-10-31-8-13-15(32-10)6-11(25)7-16(13)33-19-12-4-5-14(24)18(34)17(12)20(2,3)9-21(19,35)22(26,27)23(28,29)30/h4-8,19,33-35H,9H2,1-3H3/t19-,21-/m0/s1. The predicted molar refractivity (Wildman–Crippen MR) is 117 cm³/mol. The summed E-state index contributed by atoms with van der Waals surface area (Å²) in [5.74, 6) is -6.68. The number of hydrogen-bond acceptors (Lipinski definition) is 5. The molecule has 0 fully saturated rings. The van der Waals surface area contributed by atoms with Crippen LogP contribution < -0.4 is 5.32 Å². The normalized spacial score (nSPS) is 22.2. The molecule has 188 valence electrons. The van der Waals surface area contributed by atoms with Crippen LogP contribution in [0.2, 0.25) is 5.02 Å². The molecule has 1 aromatic heterocycles. The number of rotatable bonds is 3. The molecule has 3 N–H and O–H groups in total. The molecule has 3 aromatic rings. The minimum atomic E-state index is -6.12. The lowest BCUT2D eigenvalue weighted by molar-refractivity contribution is -0.349. The maximum absolute atomic E-state index is 15.0. The largest absolute Gasteiger partial charge is 0.506 e. The summed E-state index contributed by atoms with van der Waals surface area (Å²) in [5.41, 5.74) is -5.72. The molecule has 0 bridgehead atoms. The van der Waals surface area contributed by atoms with Gasteiger partial charge in [-0.05, 0) is 36.5 Å². The molecule has 0 saturated heterocycles. The maximum Gasteiger partial charge on any atom is 0.456 e. The van der Waals surface area contributed by atoms with Crippen LogP contribution in [-0.4, -0.2) is 37.9 Å². The highest BCUT2D eigenvalue weighted by molar-refractivity contribution is 6.32. The first-order chi connectivity index (χ1) is 16.0. The van der Waals surface area contributed by atoms with Crippen molar-refractivity contribution in [3.8, 4) is 5.75 Å². The molecule has 0 amide bonds. The van der Waals surface area contributed by atoms with Gasteiger partial charge in [0.25, 0.3) is 0 Å². The summed E-state index contributed by atoms with van der Waals surface area (Å²) in [4.78, 5) is 8.06. The van der Waals surface area contributed by atoms with E-state index in [1.807, 2.05) is 0 Å². The minimum Gasteiger partial charge on any atom is -0.506 e. The van der Waals surface area contributed by atoms with Crippen LogP contribution in [0, 0.1) is 12.7 Å². The van der Waals surface area contributed by atoms with Crippen LogP contribution in [0.5, 0.6) is 5.75 Å². The van der Waals surface area contributed by atoms with Crippen LogP contribution in [0.15, 0.2) is 30.5 Å². The summed E-state index contributed by atoms with van der Waals surface area (Å²) >= 11 is 6.00. The Morgan fingerprint density at radius 1 is 1.14 bits per heavy atom. The van der Waals surface area contributed by atoms with E-state index in [-0.39, 0.29) is 38.6 Å². The molecule has 0 aliphatic heterocycles. The van der Waals surface area contributed by atoms with Gasteiger partial charge < -0.3 is 15.5 Å². The number of alkyl halides is 5. The Balaban J connectivity index is 2.02. The lowest BCUT2D eigenvalue weighted by Crippen LogP contribution is -2.65. The molecule has 2 atom stereocenters. The molecule has 0 radical (unpaired) electrons. The van der Waals surface area contributed by atoms with Gasteiger partial charge in [0, 0.05) is 28.9 Å². The smallest absolute Gasteiger partial charge is 0.456 e. The molecule has 5 nitrogen and oxygen atoms in total. The predicted octanol–water partition coefficient (Wildman–Crippen LogP) is 6.20. The Kier molecular flexibility index (Phi) is 5.68. The second-order valence-electron chi connectivity index (χ2n) is 9.30. The van der Waals surface area contributed by atoms with Crippen LogP contribution in [0.4, 0.5) is 32.0 Å². The topological polar surface area (TPSA) is 78.3 Å². The third-order valence-corrected chi connectivity index (χ3v) is 6.63. The molecule has 12 heteroatoms. The highest BCUT2D eigenvalue weighted by Crippen LogP contribution is 2.60. The summed E-state index contributed by atoms with van der Waals surface area (Å²) in [6.45, 7) is 4.15. The molecule has 1 heterocycles. The fourth-order valence-electron chi connectivity index (χ4n) is 4.86. The number of phenolic OH excluding ortho intramolecular Hbond substituents is 1. The highest BCUT2D eigenvalue weighted by atomic mass is 35.5. The van der Waals surface area contributed by atoms with Gasteiger partial charge in [-0.1, -0.05) is 31.5 Å². The number of aliphatic hydroxyl groups is 1. The van der Waals surface area contributed by atoms with Gasteiger partial charge in [-0.15, -0.1) is 0 Å². The van der Waals surface area contributed by atoms with Gasteiger partial charge in [0.15, 0.2) is 5.60 Å².